The van der Waals surface area contributed by atoms with E-state index < -0.39 is 0 Å². The molecule has 0 aliphatic rings. The monoisotopic (exact) mass is 485 g/mol. The summed E-state index contributed by atoms with van der Waals surface area (Å²) in [5, 5.41) is 0. The second-order valence-corrected chi connectivity index (χ2v) is 8.87. The Balaban J connectivity index is 0. The fraction of sp³-hybridized carbons (Fsp3) is 0.720. The quantitative estimate of drug-likeness (QED) is 0.0846. The molecule has 0 amide bonds. The van der Waals surface area contributed by atoms with Gasteiger partial charge in [0.1, 0.15) is 0 Å². The third kappa shape index (κ3) is 22.5. The van der Waals surface area contributed by atoms with E-state index >= 15 is 0 Å². The van der Waals surface area contributed by atoms with Crippen LogP contribution in [0, 0.1) is 6.07 Å². The molecule has 162 valence electrons. The normalized spacial score (nSPS) is 10.0. The Morgan fingerprint density at radius 2 is 1.24 bits per heavy atom. The van der Waals surface area contributed by atoms with Crippen molar-refractivity contribution in [3.63, 3.8) is 0 Å². The summed E-state index contributed by atoms with van der Waals surface area (Å²) in [6.07, 6.45) is 22.1. The molecule has 0 unspecified atom stereocenters. The van der Waals surface area contributed by atoms with Crippen molar-refractivity contribution in [2.24, 2.45) is 5.73 Å². The van der Waals surface area contributed by atoms with Crippen LogP contribution in [0.1, 0.15) is 115 Å². The molecule has 0 spiro atoms. The number of thiocarbonyl (C=S) groups is 1. The zero-order chi connectivity index (χ0) is 20.9. The molecule has 4 heteroatoms. The van der Waals surface area contributed by atoms with E-state index in [4.69, 9.17) is 0 Å². The summed E-state index contributed by atoms with van der Waals surface area (Å²) in [5.74, 6) is 0. The maximum atomic E-state index is 4.66. The van der Waals surface area contributed by atoms with E-state index in [0.29, 0.717) is 0 Å². The van der Waals surface area contributed by atoms with Crippen LogP contribution in [0.25, 0.3) is 0 Å². The Morgan fingerprint density at radius 1 is 0.828 bits per heavy atom. The van der Waals surface area contributed by atoms with Gasteiger partial charge in [0.25, 0.3) is 0 Å². The number of benzene rings is 1. The van der Waals surface area contributed by atoms with Crippen molar-refractivity contribution in [3.8, 4) is 0 Å². The van der Waals surface area contributed by atoms with Gasteiger partial charge in [-0.25, -0.2) is 0 Å². The molecular formula is C25H43NS2Zn. The van der Waals surface area contributed by atoms with E-state index in [1.54, 1.807) is 5.56 Å². The molecule has 0 saturated heterocycles. The summed E-state index contributed by atoms with van der Waals surface area (Å²) in [5.41, 5.74) is 7.72. The maximum absolute atomic E-state index is 4.66. The van der Waals surface area contributed by atoms with Gasteiger partial charge in [-0.1, -0.05) is 121 Å². The maximum Gasteiger partial charge on any atom is 2.00 e. The van der Waals surface area contributed by atoms with E-state index in [1.165, 1.54) is 108 Å². The second kappa shape index (κ2) is 24.2. The molecule has 1 aromatic carbocycles. The zero-order valence-electron chi connectivity index (χ0n) is 19.1. The number of unbranched alkanes of at least 4 members (excludes halogenated alkanes) is 12. The van der Waals surface area contributed by atoms with E-state index in [1.807, 2.05) is 0 Å². The summed E-state index contributed by atoms with van der Waals surface area (Å²) >= 11 is 8.26. The largest absolute Gasteiger partial charge is 2.00 e. The van der Waals surface area contributed by atoms with E-state index in [0.717, 1.165) is 0 Å². The summed E-state index contributed by atoms with van der Waals surface area (Å²) in [4.78, 5) is 0. The molecule has 0 fully saturated rings. The predicted molar refractivity (Wildman–Crippen MR) is 133 cm³/mol. The fourth-order valence-corrected chi connectivity index (χ4v) is 3.50. The summed E-state index contributed by atoms with van der Waals surface area (Å²) in [6, 6.07) is 10.1. The zero-order valence-corrected chi connectivity index (χ0v) is 23.7. The van der Waals surface area contributed by atoms with Crippen LogP contribution in [-0.4, -0.2) is 4.32 Å². The molecule has 0 aromatic heterocycles. The number of hydrogen-bond acceptors (Lipinski definition) is 2. The topological polar surface area (TPSA) is 26.0 Å². The minimum absolute atomic E-state index is 0. The Hall–Kier alpha value is -0.0466. The van der Waals surface area contributed by atoms with Crippen LogP contribution in [-0.2, 0) is 44.9 Å². The fourth-order valence-electron chi connectivity index (χ4n) is 3.50. The first-order valence-corrected chi connectivity index (χ1v) is 12.4. The van der Waals surface area contributed by atoms with Gasteiger partial charge in [-0.05, 0) is 0 Å². The first-order chi connectivity index (χ1) is 13.6. The first kappa shape index (κ1) is 31.1. The molecule has 1 aromatic rings. The van der Waals surface area contributed by atoms with Crippen molar-refractivity contribution in [2.45, 2.75) is 117 Å². The van der Waals surface area contributed by atoms with Gasteiger partial charge in [-0.15, -0.1) is 0 Å². The number of hydrogen-bond donors (Lipinski definition) is 1. The third-order valence-corrected chi connectivity index (χ3v) is 5.12. The summed E-state index contributed by atoms with van der Waals surface area (Å²) in [7, 11) is 0. The average Bonchev–Trinajstić information content (AvgIpc) is 2.67. The van der Waals surface area contributed by atoms with E-state index in [9.17, 15) is 0 Å². The molecule has 1 rings (SSSR count). The number of nitrogens with two attached hydrogens (primary N) is 1. The molecule has 0 saturated carbocycles. The van der Waals surface area contributed by atoms with Crippen LogP contribution < -0.4 is 5.73 Å². The Labute approximate surface area is 205 Å². The van der Waals surface area contributed by atoms with Gasteiger partial charge in [0.2, 0.25) is 0 Å². The smallest absolute Gasteiger partial charge is 0.415 e. The molecule has 1 nitrogen and oxygen atoms in total. The summed E-state index contributed by atoms with van der Waals surface area (Å²) < 4.78 is 0.0833. The van der Waals surface area contributed by atoms with Gasteiger partial charge >= 0.3 is 19.5 Å². The molecular weight excluding hydrogens is 444 g/mol. The Bertz CT molecular complexity index is 439. The minimum Gasteiger partial charge on any atom is -0.415 e. The van der Waals surface area contributed by atoms with E-state index in [2.05, 4.69) is 68.7 Å². The van der Waals surface area contributed by atoms with Crippen LogP contribution in [0.2, 0.25) is 0 Å². The van der Waals surface area contributed by atoms with Gasteiger partial charge in [0.05, 0.1) is 0 Å². The predicted octanol–water partition coefficient (Wildman–Crippen LogP) is 7.85. The van der Waals surface area contributed by atoms with Crippen molar-refractivity contribution in [3.05, 3.63) is 35.4 Å². The molecule has 0 aliphatic heterocycles. The van der Waals surface area contributed by atoms with Crippen LogP contribution in [0.5, 0.6) is 0 Å². The van der Waals surface area contributed by atoms with Crippen molar-refractivity contribution < 1.29 is 19.5 Å². The third-order valence-electron chi connectivity index (χ3n) is 5.12. The van der Waals surface area contributed by atoms with Crippen molar-refractivity contribution >= 4 is 29.2 Å². The molecule has 0 atom stereocenters. The van der Waals surface area contributed by atoms with Gasteiger partial charge < -0.3 is 30.6 Å². The molecule has 2 N–H and O–H groups in total. The van der Waals surface area contributed by atoms with E-state index in [-0.39, 0.29) is 23.8 Å². The number of rotatable bonds is 16. The van der Waals surface area contributed by atoms with Gasteiger partial charge in [0, 0.05) is 0 Å². The standard InChI is InChI=1S/C24H41.CH3NS2.Zn/c1-3-5-7-9-11-13-15-19-23-21-17-18-22-24(23)20-16-14-12-10-8-6-4-2;2-1(3)4;/h17-18,21H,3-16,19-20H2,1-2H3;(H3,2,3,4);/q-1;;+2/p-1. The van der Waals surface area contributed by atoms with Gasteiger partial charge in [-0.3, -0.25) is 0 Å². The molecule has 0 heterocycles. The van der Waals surface area contributed by atoms with Crippen LogP contribution in [0.4, 0.5) is 0 Å². The SMILES string of the molecule is CCCCCCCCCc1[c-]cccc1CCCCCCCCC.NC(=S)[S-].[Zn+2]. The first-order valence-electron chi connectivity index (χ1n) is 11.6. The average molecular weight is 487 g/mol. The Kier molecular flexibility index (Phi) is 26.0. The Morgan fingerprint density at radius 3 is 1.72 bits per heavy atom. The minimum atomic E-state index is 0. The van der Waals surface area contributed by atoms with Gasteiger partial charge in [-0.2, -0.15) is 35.4 Å². The van der Waals surface area contributed by atoms with Crippen molar-refractivity contribution in [2.75, 3.05) is 0 Å². The second-order valence-electron chi connectivity index (χ2n) is 7.74. The molecule has 0 bridgehead atoms. The molecule has 0 radical (unpaired) electrons. The van der Waals surface area contributed by atoms with Crippen molar-refractivity contribution in [1.29, 1.82) is 0 Å². The van der Waals surface area contributed by atoms with Crippen LogP contribution in [0.3, 0.4) is 0 Å². The summed E-state index contributed by atoms with van der Waals surface area (Å²) in [6.45, 7) is 4.58. The molecule has 0 aliphatic carbocycles. The van der Waals surface area contributed by atoms with Gasteiger partial charge in [0.15, 0.2) is 0 Å². The number of aryl methyl sites for hydroxylation is 2. The van der Waals surface area contributed by atoms with Crippen LogP contribution in [0.15, 0.2) is 18.2 Å². The van der Waals surface area contributed by atoms with Crippen LogP contribution >= 0.6 is 12.2 Å². The molecule has 29 heavy (non-hydrogen) atoms. The van der Waals surface area contributed by atoms with Crippen molar-refractivity contribution in [1.82, 2.24) is 0 Å².